The minimum absolute atomic E-state index is 1.28. The molecule has 0 unspecified atom stereocenters. The van der Waals surface area contributed by atoms with Crippen molar-refractivity contribution in [1.29, 1.82) is 0 Å². The Balaban J connectivity index is 1.43. The molecule has 0 saturated carbocycles. The van der Waals surface area contributed by atoms with Gasteiger partial charge in [0.25, 0.3) is 0 Å². The lowest BCUT2D eigenvalue weighted by atomic mass is 10.0. The van der Waals surface area contributed by atoms with Gasteiger partial charge >= 0.3 is 0 Å². The molecule has 0 bridgehead atoms. The molecule has 0 aliphatic carbocycles. The Kier molecular flexibility index (Phi) is 3.85. The summed E-state index contributed by atoms with van der Waals surface area (Å²) in [6.07, 6.45) is 0. The molecular weight excluding hydrogens is 433 g/mol. The topological polar surface area (TPSA) is 0 Å². The van der Waals surface area contributed by atoms with Crippen LogP contribution >= 0.6 is 34.0 Å². The summed E-state index contributed by atoms with van der Waals surface area (Å²) in [5.41, 5.74) is 5.15. The zero-order valence-electron chi connectivity index (χ0n) is 16.5. The van der Waals surface area contributed by atoms with E-state index in [-0.39, 0.29) is 0 Å². The summed E-state index contributed by atoms with van der Waals surface area (Å²) in [5.74, 6) is 0. The number of benzene rings is 4. The third-order valence-corrected chi connectivity index (χ3v) is 9.90. The predicted molar refractivity (Wildman–Crippen MR) is 141 cm³/mol. The van der Waals surface area contributed by atoms with Crippen molar-refractivity contribution in [2.24, 2.45) is 0 Å². The Labute approximate surface area is 191 Å². The van der Waals surface area contributed by atoms with Crippen molar-refractivity contribution >= 4 is 73.0 Å². The molecule has 0 atom stereocenters. The van der Waals surface area contributed by atoms with Gasteiger partial charge in [0.2, 0.25) is 0 Å². The highest BCUT2D eigenvalue weighted by atomic mass is 32.1. The van der Waals surface area contributed by atoms with E-state index in [1.54, 1.807) is 0 Å². The van der Waals surface area contributed by atoms with Crippen LogP contribution in [0.25, 0.3) is 61.2 Å². The van der Waals surface area contributed by atoms with Crippen molar-refractivity contribution < 1.29 is 0 Å². The van der Waals surface area contributed by atoms with Crippen LogP contribution in [0, 0.1) is 0 Å². The molecule has 0 radical (unpaired) electrons. The van der Waals surface area contributed by atoms with Gasteiger partial charge in [-0.3, -0.25) is 0 Å². The zero-order chi connectivity index (χ0) is 20.4. The van der Waals surface area contributed by atoms with Crippen LogP contribution < -0.4 is 0 Å². The molecule has 0 fully saturated rings. The highest BCUT2D eigenvalue weighted by molar-refractivity contribution is 7.43. The van der Waals surface area contributed by atoms with Gasteiger partial charge in [0.15, 0.2) is 0 Å². The summed E-state index contributed by atoms with van der Waals surface area (Å²) in [4.78, 5) is 0. The van der Waals surface area contributed by atoms with Crippen molar-refractivity contribution in [3.63, 3.8) is 0 Å². The molecule has 7 aromatic rings. The largest absolute Gasteiger partial charge is 0.133 e. The quantitative estimate of drug-likeness (QED) is 0.247. The minimum atomic E-state index is 1.28. The monoisotopic (exact) mass is 448 g/mol. The number of hydrogen-bond acceptors (Lipinski definition) is 3. The van der Waals surface area contributed by atoms with Crippen LogP contribution in [-0.4, -0.2) is 0 Å². The first-order valence-corrected chi connectivity index (χ1v) is 12.7. The highest BCUT2D eigenvalue weighted by Gasteiger charge is 2.17. The molecular formula is C28H16S3. The maximum Gasteiger partial charge on any atom is 0.0642 e. The smallest absolute Gasteiger partial charge is 0.0642 e. The molecule has 3 aromatic heterocycles. The Morgan fingerprint density at radius 1 is 0.355 bits per heavy atom. The zero-order valence-corrected chi connectivity index (χ0v) is 18.9. The predicted octanol–water partition coefficient (Wildman–Crippen LogP) is 9.82. The van der Waals surface area contributed by atoms with E-state index in [0.717, 1.165) is 0 Å². The number of thiophene rings is 3. The molecule has 4 aromatic carbocycles. The first-order valence-electron chi connectivity index (χ1n) is 10.3. The van der Waals surface area contributed by atoms with Crippen molar-refractivity contribution in [3.05, 3.63) is 97.1 Å². The second-order valence-electron chi connectivity index (χ2n) is 7.78. The first kappa shape index (κ1) is 17.7. The van der Waals surface area contributed by atoms with E-state index in [9.17, 15) is 0 Å². The molecule has 0 aliphatic rings. The van der Waals surface area contributed by atoms with Gasteiger partial charge < -0.3 is 0 Å². The Hall–Kier alpha value is -2.98. The van der Waals surface area contributed by atoms with Crippen LogP contribution in [0.3, 0.4) is 0 Å². The minimum Gasteiger partial charge on any atom is -0.133 e. The Bertz CT molecular complexity index is 1590. The Morgan fingerprint density at radius 3 is 1.26 bits per heavy atom. The van der Waals surface area contributed by atoms with E-state index in [1.165, 1.54) is 61.2 Å². The average molecular weight is 449 g/mol. The normalized spacial score (nSPS) is 11.9. The van der Waals surface area contributed by atoms with E-state index in [1.807, 2.05) is 34.0 Å². The highest BCUT2D eigenvalue weighted by Crippen LogP contribution is 2.50. The van der Waals surface area contributed by atoms with Crippen molar-refractivity contribution in [1.82, 2.24) is 0 Å². The van der Waals surface area contributed by atoms with Crippen molar-refractivity contribution in [3.8, 4) is 22.3 Å². The summed E-state index contributed by atoms with van der Waals surface area (Å²) in [5, 5.41) is 2.78. The van der Waals surface area contributed by atoms with E-state index in [0.29, 0.717) is 0 Å². The van der Waals surface area contributed by atoms with Crippen LogP contribution in [0.1, 0.15) is 0 Å². The number of fused-ring (bicyclic) bond motifs is 7. The number of hydrogen-bond donors (Lipinski definition) is 0. The van der Waals surface area contributed by atoms with E-state index in [4.69, 9.17) is 0 Å². The maximum atomic E-state index is 2.36. The summed E-state index contributed by atoms with van der Waals surface area (Å²) < 4.78 is 8.54. The fourth-order valence-electron chi connectivity index (χ4n) is 4.37. The molecule has 0 amide bonds. The lowest BCUT2D eigenvalue weighted by Gasteiger charge is -2.01. The van der Waals surface area contributed by atoms with Gasteiger partial charge in [0.1, 0.15) is 0 Å². The molecule has 31 heavy (non-hydrogen) atoms. The first-order chi connectivity index (χ1) is 15.3. The molecule has 0 spiro atoms. The molecule has 7 rings (SSSR count). The maximum absolute atomic E-state index is 2.36. The van der Waals surface area contributed by atoms with Gasteiger partial charge in [-0.15, -0.1) is 34.0 Å². The van der Waals surface area contributed by atoms with E-state index >= 15 is 0 Å². The molecule has 146 valence electrons. The average Bonchev–Trinajstić information content (AvgIpc) is 3.48. The summed E-state index contributed by atoms with van der Waals surface area (Å²) in [6.45, 7) is 0. The standard InChI is InChI=1S/C28H16S3/c1-3-7-17(8-4-1)19-11-13-21-23(15-19)29-27-25(21)31-26-22-14-12-20(16-24(22)30-28(26)27)18-9-5-2-6-10-18/h1-16H. The lowest BCUT2D eigenvalue weighted by Crippen LogP contribution is -1.75. The summed E-state index contributed by atoms with van der Waals surface area (Å²) in [7, 11) is 0. The summed E-state index contributed by atoms with van der Waals surface area (Å²) in [6, 6.07) is 35.2. The third-order valence-electron chi connectivity index (χ3n) is 5.91. The molecule has 0 N–H and O–H groups in total. The van der Waals surface area contributed by atoms with Gasteiger partial charge in [-0.25, -0.2) is 0 Å². The summed E-state index contributed by atoms with van der Waals surface area (Å²) >= 11 is 5.84. The van der Waals surface area contributed by atoms with E-state index in [2.05, 4.69) is 97.1 Å². The van der Waals surface area contributed by atoms with Crippen LogP contribution in [0.2, 0.25) is 0 Å². The van der Waals surface area contributed by atoms with Gasteiger partial charge in [0.05, 0.1) is 18.8 Å². The molecule has 0 nitrogen and oxygen atoms in total. The molecule has 3 heterocycles. The lowest BCUT2D eigenvalue weighted by molar-refractivity contribution is 1.66. The molecule has 0 aliphatic heterocycles. The van der Waals surface area contributed by atoms with Crippen LogP contribution in [0.5, 0.6) is 0 Å². The SMILES string of the molecule is c1ccc(-c2ccc3c(c2)sc2c3sc3c4ccc(-c5ccccc5)cc4sc32)cc1. The second kappa shape index (κ2) is 6.76. The molecule has 0 saturated heterocycles. The fraction of sp³-hybridized carbons (Fsp3) is 0. The van der Waals surface area contributed by atoms with Crippen molar-refractivity contribution in [2.45, 2.75) is 0 Å². The fourth-order valence-corrected chi connectivity index (χ4v) is 8.71. The third kappa shape index (κ3) is 2.71. The van der Waals surface area contributed by atoms with E-state index < -0.39 is 0 Å². The second-order valence-corrected chi connectivity index (χ2v) is 10.9. The van der Waals surface area contributed by atoms with Crippen LogP contribution in [-0.2, 0) is 0 Å². The van der Waals surface area contributed by atoms with Crippen LogP contribution in [0.4, 0.5) is 0 Å². The Morgan fingerprint density at radius 2 is 0.806 bits per heavy atom. The van der Waals surface area contributed by atoms with Crippen molar-refractivity contribution in [2.75, 3.05) is 0 Å². The van der Waals surface area contributed by atoms with Gasteiger partial charge in [-0.2, -0.15) is 0 Å². The van der Waals surface area contributed by atoms with Crippen LogP contribution in [0.15, 0.2) is 97.1 Å². The number of rotatable bonds is 2. The van der Waals surface area contributed by atoms with Gasteiger partial charge in [-0.05, 0) is 34.4 Å². The molecule has 3 heteroatoms. The van der Waals surface area contributed by atoms with Gasteiger partial charge in [-0.1, -0.05) is 84.9 Å². The van der Waals surface area contributed by atoms with Gasteiger partial charge in [0, 0.05) is 20.2 Å².